The summed E-state index contributed by atoms with van der Waals surface area (Å²) >= 11 is 0. The van der Waals surface area contributed by atoms with Crippen LogP contribution in [0.2, 0.25) is 0 Å². The maximum Gasteiger partial charge on any atom is 0.224 e. The van der Waals surface area contributed by atoms with E-state index in [1.54, 1.807) is 18.2 Å². The van der Waals surface area contributed by atoms with Gasteiger partial charge in [-0.15, -0.1) is 0 Å². The topological polar surface area (TPSA) is 49.3 Å². The first-order chi connectivity index (χ1) is 8.49. The summed E-state index contributed by atoms with van der Waals surface area (Å²) in [5.41, 5.74) is 0.369. The number of carbonyl (C=O) groups excluding carboxylic acids is 1. The van der Waals surface area contributed by atoms with Crippen LogP contribution in [0.5, 0.6) is 0 Å². The van der Waals surface area contributed by atoms with Gasteiger partial charge in [-0.05, 0) is 24.0 Å². The summed E-state index contributed by atoms with van der Waals surface area (Å²) in [4.78, 5) is 11.6. The van der Waals surface area contributed by atoms with Gasteiger partial charge in [0.2, 0.25) is 5.91 Å². The molecular formula is C14H20FNO2. The van der Waals surface area contributed by atoms with Gasteiger partial charge in [-0.1, -0.05) is 32.0 Å². The number of aliphatic hydroxyl groups excluding tert-OH is 1. The minimum absolute atomic E-state index is 0.00106. The van der Waals surface area contributed by atoms with Gasteiger partial charge in [-0.3, -0.25) is 4.79 Å². The molecule has 0 aliphatic rings. The highest BCUT2D eigenvalue weighted by Gasteiger charge is 2.10. The molecule has 0 saturated heterocycles. The largest absolute Gasteiger partial charge is 0.391 e. The molecule has 0 aliphatic carbocycles. The number of amides is 1. The Labute approximate surface area is 107 Å². The van der Waals surface area contributed by atoms with Gasteiger partial charge in [0.05, 0.1) is 12.5 Å². The average Bonchev–Trinajstić information content (AvgIpc) is 2.29. The maximum absolute atomic E-state index is 13.3. The average molecular weight is 253 g/mol. The standard InChI is InChI=1S/C14H20FNO2/c1-10(2)7-12(17)9-16-14(18)8-11-5-3-4-6-13(11)15/h3-6,10,12,17H,7-9H2,1-2H3,(H,16,18). The molecule has 1 rings (SSSR count). The van der Waals surface area contributed by atoms with Crippen LogP contribution in [0.15, 0.2) is 24.3 Å². The Morgan fingerprint density at radius 1 is 1.39 bits per heavy atom. The molecule has 0 heterocycles. The van der Waals surface area contributed by atoms with E-state index < -0.39 is 6.10 Å². The summed E-state index contributed by atoms with van der Waals surface area (Å²) in [5.74, 6) is -0.276. The molecule has 3 nitrogen and oxygen atoms in total. The number of nitrogens with one attached hydrogen (secondary N) is 1. The van der Waals surface area contributed by atoms with Crippen molar-refractivity contribution in [2.24, 2.45) is 5.92 Å². The summed E-state index contributed by atoms with van der Waals surface area (Å²) < 4.78 is 13.3. The summed E-state index contributed by atoms with van der Waals surface area (Å²) in [6.45, 7) is 4.22. The second-order valence-electron chi connectivity index (χ2n) is 4.86. The summed E-state index contributed by atoms with van der Waals surface area (Å²) in [6, 6.07) is 6.19. The van der Waals surface area contributed by atoms with Gasteiger partial charge >= 0.3 is 0 Å². The summed E-state index contributed by atoms with van der Waals surface area (Å²) in [7, 11) is 0. The maximum atomic E-state index is 13.3. The van der Waals surface area contributed by atoms with E-state index in [-0.39, 0.29) is 24.7 Å². The van der Waals surface area contributed by atoms with E-state index in [4.69, 9.17) is 0 Å². The molecule has 1 unspecified atom stereocenters. The van der Waals surface area contributed by atoms with Crippen LogP contribution < -0.4 is 5.32 Å². The quantitative estimate of drug-likeness (QED) is 0.813. The van der Waals surface area contributed by atoms with Crippen LogP contribution in [-0.4, -0.2) is 23.7 Å². The van der Waals surface area contributed by atoms with Crippen LogP contribution in [-0.2, 0) is 11.2 Å². The highest BCUT2D eigenvalue weighted by molar-refractivity contribution is 5.78. The van der Waals surface area contributed by atoms with E-state index in [1.165, 1.54) is 6.07 Å². The Balaban J connectivity index is 2.36. The third kappa shape index (κ3) is 5.27. The second-order valence-corrected chi connectivity index (χ2v) is 4.86. The highest BCUT2D eigenvalue weighted by Crippen LogP contribution is 2.07. The lowest BCUT2D eigenvalue weighted by molar-refractivity contribution is -0.121. The molecule has 100 valence electrons. The fourth-order valence-electron chi connectivity index (χ4n) is 1.74. The van der Waals surface area contributed by atoms with Crippen LogP contribution in [0.3, 0.4) is 0 Å². The number of halogens is 1. The van der Waals surface area contributed by atoms with E-state index in [9.17, 15) is 14.3 Å². The molecule has 2 N–H and O–H groups in total. The molecule has 1 atom stereocenters. The fraction of sp³-hybridized carbons (Fsp3) is 0.500. The van der Waals surface area contributed by atoms with E-state index in [0.717, 1.165) is 0 Å². The first-order valence-electron chi connectivity index (χ1n) is 6.17. The Kier molecular flexibility index (Phi) is 5.78. The van der Waals surface area contributed by atoms with Crippen molar-refractivity contribution in [1.29, 1.82) is 0 Å². The van der Waals surface area contributed by atoms with Gasteiger partial charge < -0.3 is 10.4 Å². The Morgan fingerprint density at radius 3 is 2.67 bits per heavy atom. The number of aliphatic hydroxyl groups is 1. The van der Waals surface area contributed by atoms with Crippen LogP contribution in [0.25, 0.3) is 0 Å². The molecule has 0 fully saturated rings. The van der Waals surface area contributed by atoms with Gasteiger partial charge in [-0.2, -0.15) is 0 Å². The van der Waals surface area contributed by atoms with Crippen molar-refractivity contribution in [3.8, 4) is 0 Å². The number of benzene rings is 1. The van der Waals surface area contributed by atoms with Crippen molar-refractivity contribution in [1.82, 2.24) is 5.32 Å². The predicted molar refractivity (Wildman–Crippen MR) is 68.6 cm³/mol. The Bertz CT molecular complexity index is 393. The molecule has 0 bridgehead atoms. The lowest BCUT2D eigenvalue weighted by Gasteiger charge is -2.13. The third-order valence-electron chi connectivity index (χ3n) is 2.59. The normalized spacial score (nSPS) is 12.5. The zero-order valence-electron chi connectivity index (χ0n) is 10.8. The molecule has 0 spiro atoms. The van der Waals surface area contributed by atoms with Gasteiger partial charge in [0.15, 0.2) is 0 Å². The Hall–Kier alpha value is -1.42. The lowest BCUT2D eigenvalue weighted by Crippen LogP contribution is -2.33. The molecule has 1 aromatic rings. The molecule has 0 aromatic heterocycles. The molecule has 4 heteroatoms. The van der Waals surface area contributed by atoms with E-state index >= 15 is 0 Å². The fourth-order valence-corrected chi connectivity index (χ4v) is 1.74. The van der Waals surface area contributed by atoms with Crippen molar-refractivity contribution in [3.05, 3.63) is 35.6 Å². The lowest BCUT2D eigenvalue weighted by atomic mass is 10.1. The minimum Gasteiger partial charge on any atom is -0.391 e. The third-order valence-corrected chi connectivity index (χ3v) is 2.59. The molecule has 18 heavy (non-hydrogen) atoms. The predicted octanol–water partition coefficient (Wildman–Crippen LogP) is 1.89. The zero-order valence-corrected chi connectivity index (χ0v) is 10.8. The monoisotopic (exact) mass is 253 g/mol. The summed E-state index contributed by atoms with van der Waals surface area (Å²) in [5, 5.41) is 12.2. The van der Waals surface area contributed by atoms with Crippen molar-refractivity contribution in [3.63, 3.8) is 0 Å². The highest BCUT2D eigenvalue weighted by atomic mass is 19.1. The molecular weight excluding hydrogens is 233 g/mol. The van der Waals surface area contributed by atoms with Crippen molar-refractivity contribution < 1.29 is 14.3 Å². The SMILES string of the molecule is CC(C)CC(O)CNC(=O)Cc1ccccc1F. The number of hydrogen-bond acceptors (Lipinski definition) is 2. The molecule has 0 radical (unpaired) electrons. The van der Waals surface area contributed by atoms with Gasteiger partial charge in [0, 0.05) is 6.54 Å². The van der Waals surface area contributed by atoms with Crippen LogP contribution in [0, 0.1) is 11.7 Å². The molecule has 1 aromatic carbocycles. The first kappa shape index (κ1) is 14.6. The molecule has 0 aliphatic heterocycles. The van der Waals surface area contributed by atoms with Gasteiger partial charge in [0.1, 0.15) is 5.82 Å². The number of rotatable bonds is 6. The second kappa shape index (κ2) is 7.11. The first-order valence-corrected chi connectivity index (χ1v) is 6.17. The van der Waals surface area contributed by atoms with Crippen LogP contribution in [0.4, 0.5) is 4.39 Å². The Morgan fingerprint density at radius 2 is 2.06 bits per heavy atom. The molecule has 1 amide bonds. The van der Waals surface area contributed by atoms with E-state index in [1.807, 2.05) is 13.8 Å². The van der Waals surface area contributed by atoms with Gasteiger partial charge in [0.25, 0.3) is 0 Å². The van der Waals surface area contributed by atoms with E-state index in [0.29, 0.717) is 17.9 Å². The zero-order chi connectivity index (χ0) is 13.5. The van der Waals surface area contributed by atoms with Crippen molar-refractivity contribution in [2.75, 3.05) is 6.54 Å². The summed E-state index contributed by atoms with van der Waals surface area (Å²) in [6.07, 6.45) is 0.0932. The van der Waals surface area contributed by atoms with Crippen molar-refractivity contribution in [2.45, 2.75) is 32.8 Å². The number of hydrogen-bond donors (Lipinski definition) is 2. The van der Waals surface area contributed by atoms with E-state index in [2.05, 4.69) is 5.32 Å². The van der Waals surface area contributed by atoms with Crippen LogP contribution >= 0.6 is 0 Å². The number of carbonyl (C=O) groups is 1. The van der Waals surface area contributed by atoms with Gasteiger partial charge in [-0.25, -0.2) is 4.39 Å². The van der Waals surface area contributed by atoms with Crippen molar-refractivity contribution >= 4 is 5.91 Å². The van der Waals surface area contributed by atoms with Crippen LogP contribution in [0.1, 0.15) is 25.8 Å². The molecule has 0 saturated carbocycles. The minimum atomic E-state index is -0.547. The smallest absolute Gasteiger partial charge is 0.224 e.